The Bertz CT molecular complexity index is 997. The number of nitrogens with one attached hydrogen (secondary N) is 3. The number of carbonyl (C=O) groups is 1. The molecule has 0 aliphatic carbocycles. The second-order valence-corrected chi connectivity index (χ2v) is 6.62. The van der Waals surface area contributed by atoms with Gasteiger partial charge in [-0.05, 0) is 43.7 Å². The van der Waals surface area contributed by atoms with E-state index in [-0.39, 0.29) is 11.5 Å². The summed E-state index contributed by atoms with van der Waals surface area (Å²) in [5.74, 6) is -0.199. The molecule has 3 rings (SSSR count). The van der Waals surface area contributed by atoms with Crippen LogP contribution in [-0.2, 0) is 11.5 Å². The summed E-state index contributed by atoms with van der Waals surface area (Å²) in [5.41, 5.74) is 0.968. The molecular formula is C20H20FN3O2. The van der Waals surface area contributed by atoms with Crippen molar-refractivity contribution in [1.29, 1.82) is 0 Å². The number of aromatic amines is 1. The molecule has 0 spiro atoms. The van der Waals surface area contributed by atoms with E-state index in [1.54, 1.807) is 32.0 Å². The van der Waals surface area contributed by atoms with Crippen molar-refractivity contribution < 1.29 is 9.18 Å². The van der Waals surface area contributed by atoms with Crippen molar-refractivity contribution in [1.82, 2.24) is 4.98 Å². The van der Waals surface area contributed by atoms with Gasteiger partial charge in [-0.2, -0.15) is 0 Å². The van der Waals surface area contributed by atoms with Crippen LogP contribution in [0.4, 0.5) is 15.8 Å². The first-order chi connectivity index (χ1) is 12.4. The molecule has 3 N–H and O–H groups in total. The summed E-state index contributed by atoms with van der Waals surface area (Å²) >= 11 is 0. The van der Waals surface area contributed by atoms with Crippen LogP contribution in [0.15, 0.2) is 59.4 Å². The third-order valence-corrected chi connectivity index (χ3v) is 4.13. The summed E-state index contributed by atoms with van der Waals surface area (Å²) in [6.45, 7) is 2.81. The number of hydrogen-bond donors (Lipinski definition) is 3. The van der Waals surface area contributed by atoms with E-state index in [1.165, 1.54) is 6.07 Å². The maximum absolute atomic E-state index is 13.1. The molecule has 0 bridgehead atoms. The Morgan fingerprint density at radius 1 is 1.08 bits per heavy atom. The molecule has 0 saturated carbocycles. The van der Waals surface area contributed by atoms with Crippen molar-refractivity contribution in [2.45, 2.75) is 26.1 Å². The van der Waals surface area contributed by atoms with Crippen LogP contribution in [0.25, 0.3) is 10.9 Å². The van der Waals surface area contributed by atoms with Gasteiger partial charge in [-0.15, -0.1) is 0 Å². The van der Waals surface area contributed by atoms with Crippen molar-refractivity contribution in [2.24, 2.45) is 0 Å². The van der Waals surface area contributed by atoms with E-state index in [9.17, 15) is 14.0 Å². The second kappa shape index (κ2) is 7.00. The predicted octanol–water partition coefficient (Wildman–Crippen LogP) is 3.83. The smallest absolute Gasteiger partial charge is 0.249 e. The number of anilines is 2. The number of amides is 1. The van der Waals surface area contributed by atoms with Crippen molar-refractivity contribution in [3.8, 4) is 0 Å². The van der Waals surface area contributed by atoms with E-state index in [4.69, 9.17) is 0 Å². The lowest BCUT2D eigenvalue weighted by Gasteiger charge is -2.26. The number of rotatable bonds is 5. The Labute approximate surface area is 150 Å². The largest absolute Gasteiger partial charge is 0.372 e. The zero-order valence-electron chi connectivity index (χ0n) is 14.6. The first-order valence-electron chi connectivity index (χ1n) is 8.26. The number of halogens is 1. The molecule has 6 heteroatoms. The van der Waals surface area contributed by atoms with Gasteiger partial charge in [0.15, 0.2) is 0 Å². The first kappa shape index (κ1) is 17.7. The van der Waals surface area contributed by atoms with Gasteiger partial charge in [-0.25, -0.2) is 4.39 Å². The molecule has 134 valence electrons. The molecule has 0 saturated heterocycles. The molecule has 1 heterocycles. The summed E-state index contributed by atoms with van der Waals surface area (Å²) in [6.07, 6.45) is 0. The molecule has 1 aromatic heterocycles. The quantitative estimate of drug-likeness (QED) is 0.653. The minimum Gasteiger partial charge on any atom is -0.372 e. The molecule has 5 nitrogen and oxygen atoms in total. The monoisotopic (exact) mass is 353 g/mol. The van der Waals surface area contributed by atoms with E-state index < -0.39 is 12.2 Å². The topological polar surface area (TPSA) is 74.0 Å². The average Bonchev–Trinajstić information content (AvgIpc) is 2.61. The van der Waals surface area contributed by atoms with E-state index in [0.717, 1.165) is 0 Å². The van der Waals surface area contributed by atoms with Crippen molar-refractivity contribution in [2.75, 3.05) is 10.6 Å². The van der Waals surface area contributed by atoms with Crippen LogP contribution in [-0.4, -0.2) is 16.4 Å². The van der Waals surface area contributed by atoms with E-state index in [1.807, 2.05) is 30.3 Å². The van der Waals surface area contributed by atoms with Gasteiger partial charge < -0.3 is 15.6 Å². The summed E-state index contributed by atoms with van der Waals surface area (Å²) in [5, 5.41) is 6.66. The summed E-state index contributed by atoms with van der Waals surface area (Å²) in [4.78, 5) is 26.9. The Balaban J connectivity index is 1.85. The molecule has 0 radical (unpaired) electrons. The van der Waals surface area contributed by atoms with Crippen LogP contribution in [0.3, 0.4) is 0 Å². The van der Waals surface area contributed by atoms with E-state index in [0.29, 0.717) is 27.8 Å². The van der Waals surface area contributed by atoms with Crippen LogP contribution in [0.1, 0.15) is 19.4 Å². The lowest BCUT2D eigenvalue weighted by atomic mass is 10.0. The number of alkyl halides is 1. The lowest BCUT2D eigenvalue weighted by Crippen LogP contribution is -2.44. The fraction of sp³-hybridized carbons (Fsp3) is 0.200. The highest BCUT2D eigenvalue weighted by Crippen LogP contribution is 2.23. The summed E-state index contributed by atoms with van der Waals surface area (Å²) in [7, 11) is 0. The maximum Gasteiger partial charge on any atom is 0.249 e. The van der Waals surface area contributed by atoms with E-state index in [2.05, 4.69) is 15.6 Å². The van der Waals surface area contributed by atoms with Gasteiger partial charge in [0, 0.05) is 22.8 Å². The Hall–Kier alpha value is -3.15. The van der Waals surface area contributed by atoms with Crippen LogP contribution in [0, 0.1) is 0 Å². The molecule has 0 atom stereocenters. The standard InChI is InChI=1S/C20H20FN3O2/c1-20(2,19(26)22-14-6-4-3-5-7-14)24-15-8-9-16-13(12-21)10-18(25)23-17(16)11-15/h3-11,24H,12H2,1-2H3,(H,22,26)(H,23,25). The average molecular weight is 353 g/mol. The number of carbonyl (C=O) groups excluding carboxylic acids is 1. The number of fused-ring (bicyclic) bond motifs is 1. The minimum absolute atomic E-state index is 0.199. The third kappa shape index (κ3) is 3.74. The number of aromatic nitrogens is 1. The van der Waals surface area contributed by atoms with Gasteiger partial charge in [-0.3, -0.25) is 9.59 Å². The Morgan fingerprint density at radius 2 is 1.81 bits per heavy atom. The number of H-pyrrole nitrogens is 1. The van der Waals surface area contributed by atoms with E-state index >= 15 is 0 Å². The summed E-state index contributed by atoms with van der Waals surface area (Å²) < 4.78 is 13.1. The third-order valence-electron chi connectivity index (χ3n) is 4.13. The first-order valence-corrected chi connectivity index (χ1v) is 8.26. The highest BCUT2D eigenvalue weighted by atomic mass is 19.1. The number of hydrogen-bond acceptors (Lipinski definition) is 3. The molecule has 2 aromatic carbocycles. The molecule has 3 aromatic rings. The normalized spacial score (nSPS) is 11.3. The zero-order chi connectivity index (χ0) is 18.7. The van der Waals surface area contributed by atoms with Gasteiger partial charge in [0.25, 0.3) is 0 Å². The molecule has 26 heavy (non-hydrogen) atoms. The lowest BCUT2D eigenvalue weighted by molar-refractivity contribution is -0.119. The Kier molecular flexibility index (Phi) is 4.75. The molecule has 0 fully saturated rings. The SMILES string of the molecule is CC(C)(Nc1ccc2c(CF)cc(=O)[nH]c2c1)C(=O)Nc1ccccc1. The fourth-order valence-electron chi connectivity index (χ4n) is 2.75. The molecule has 1 amide bonds. The highest BCUT2D eigenvalue weighted by molar-refractivity contribution is 5.99. The second-order valence-electron chi connectivity index (χ2n) is 6.62. The van der Waals surface area contributed by atoms with Crippen LogP contribution in [0.5, 0.6) is 0 Å². The number of benzene rings is 2. The van der Waals surface area contributed by atoms with Gasteiger partial charge in [-0.1, -0.05) is 24.3 Å². The predicted molar refractivity (Wildman–Crippen MR) is 102 cm³/mol. The highest BCUT2D eigenvalue weighted by Gasteiger charge is 2.27. The Morgan fingerprint density at radius 3 is 2.50 bits per heavy atom. The van der Waals surface area contributed by atoms with Crippen LogP contribution in [0.2, 0.25) is 0 Å². The van der Waals surface area contributed by atoms with Crippen LogP contribution < -0.4 is 16.2 Å². The number of para-hydroxylation sites is 1. The van der Waals surface area contributed by atoms with Gasteiger partial charge in [0.2, 0.25) is 11.5 Å². The van der Waals surface area contributed by atoms with Gasteiger partial charge in [0.1, 0.15) is 12.2 Å². The number of pyridine rings is 1. The van der Waals surface area contributed by atoms with Crippen molar-refractivity contribution >= 4 is 28.2 Å². The molecule has 0 aliphatic heterocycles. The maximum atomic E-state index is 13.1. The molecule has 0 unspecified atom stereocenters. The van der Waals surface area contributed by atoms with Crippen molar-refractivity contribution in [3.05, 3.63) is 70.5 Å². The minimum atomic E-state index is -0.901. The van der Waals surface area contributed by atoms with Crippen molar-refractivity contribution in [3.63, 3.8) is 0 Å². The molecular weight excluding hydrogens is 333 g/mol. The summed E-state index contributed by atoms with van der Waals surface area (Å²) in [6, 6.07) is 15.6. The zero-order valence-corrected chi connectivity index (χ0v) is 14.6. The van der Waals surface area contributed by atoms with Crippen LogP contribution >= 0.6 is 0 Å². The molecule has 0 aliphatic rings. The van der Waals surface area contributed by atoms with Gasteiger partial charge in [0.05, 0.1) is 5.52 Å². The fourth-order valence-corrected chi connectivity index (χ4v) is 2.75. The van der Waals surface area contributed by atoms with Gasteiger partial charge >= 0.3 is 0 Å².